The summed E-state index contributed by atoms with van der Waals surface area (Å²) in [6, 6.07) is 8.80. The Morgan fingerprint density at radius 3 is 2.02 bits per heavy atom. The largest absolute Gasteiger partial charge is 0.488 e. The molecule has 15 heteroatoms. The van der Waals surface area contributed by atoms with Gasteiger partial charge in [-0.25, -0.2) is 19.6 Å². The minimum absolute atomic E-state index is 0.111. The van der Waals surface area contributed by atoms with Gasteiger partial charge in [0.15, 0.2) is 0 Å². The van der Waals surface area contributed by atoms with Gasteiger partial charge in [-0.1, -0.05) is 45.9 Å². The van der Waals surface area contributed by atoms with Crippen LogP contribution in [0.3, 0.4) is 0 Å². The highest BCUT2D eigenvalue weighted by molar-refractivity contribution is 5.88. The fourth-order valence-corrected chi connectivity index (χ4v) is 9.05. The van der Waals surface area contributed by atoms with Crippen LogP contribution in [0.5, 0.6) is 5.75 Å². The standard InChI is InChI=1S/C43H52N8O7/c1-22(2)34(48-42(54)56-5)40(52)50-17-7-9-32(50)38-44-20-31(46-38)24-11-12-26-25(19-24)21-58-37-28(26)14-13-27-29(37)15-16-30-36(27)47-39(45-30)33-10-8-18-51(33)41(53)35(23(3)4)49-43(55)57-6/h11-14,19-20,22-23,32-35H,7-10,15-18,21H2,1-6H3,(H,44,46)(H,45,47)(H,48,54)(H,49,55)/t32-,33-,34-,35-/m0/s1. The van der Waals surface area contributed by atoms with Crippen molar-refractivity contribution < 1.29 is 33.4 Å². The molecule has 4 aromatic rings. The van der Waals surface area contributed by atoms with Crippen molar-refractivity contribution in [1.82, 2.24) is 40.4 Å². The first-order valence-electron chi connectivity index (χ1n) is 20.3. The summed E-state index contributed by atoms with van der Waals surface area (Å²) in [4.78, 5) is 72.1. The van der Waals surface area contributed by atoms with Gasteiger partial charge in [-0.15, -0.1) is 0 Å². The second-order valence-corrected chi connectivity index (χ2v) is 16.4. The monoisotopic (exact) mass is 792 g/mol. The van der Waals surface area contributed by atoms with Gasteiger partial charge < -0.3 is 44.6 Å². The fraction of sp³-hybridized carbons (Fsp3) is 0.488. The number of fused-ring (bicyclic) bond motifs is 7. The van der Waals surface area contributed by atoms with Crippen molar-refractivity contribution in [1.29, 1.82) is 0 Å². The van der Waals surface area contributed by atoms with E-state index in [0.29, 0.717) is 19.7 Å². The van der Waals surface area contributed by atoms with Gasteiger partial charge >= 0.3 is 12.2 Å². The molecule has 0 radical (unpaired) electrons. The second kappa shape index (κ2) is 15.8. The van der Waals surface area contributed by atoms with E-state index in [2.05, 4.69) is 50.9 Å². The lowest BCUT2D eigenvalue weighted by atomic mass is 9.86. The molecule has 15 nitrogen and oxygen atoms in total. The average Bonchev–Trinajstić information content (AvgIpc) is 4.06. The number of likely N-dealkylation sites (tertiary alicyclic amines) is 2. The molecule has 0 saturated carbocycles. The zero-order valence-corrected chi connectivity index (χ0v) is 33.9. The quantitative estimate of drug-likeness (QED) is 0.153. The molecule has 2 saturated heterocycles. The van der Waals surface area contributed by atoms with E-state index in [0.717, 1.165) is 106 Å². The molecule has 2 fully saturated rings. The normalized spacial score (nSPS) is 19.1. The number of imidazole rings is 2. The molecule has 4 N–H and O–H groups in total. The SMILES string of the molecule is COC(=O)N[C@H](C(=O)N1CCC[C@H]1c1ncc(-c2ccc3c(c2)COc2c-3ccc3c2CCc2[nH]c([C@@H]4CCCN4C(=O)[C@@H](NC(=O)OC)C(C)C)nc2-3)[nH]1)C(C)C. The molecule has 58 heavy (non-hydrogen) atoms. The van der Waals surface area contributed by atoms with Crippen molar-refractivity contribution in [3.8, 4) is 39.4 Å². The van der Waals surface area contributed by atoms with E-state index in [1.165, 1.54) is 14.2 Å². The first-order chi connectivity index (χ1) is 28.0. The van der Waals surface area contributed by atoms with Crippen molar-refractivity contribution >= 4 is 24.0 Å². The average molecular weight is 793 g/mol. The van der Waals surface area contributed by atoms with E-state index >= 15 is 0 Å². The van der Waals surface area contributed by atoms with Crippen LogP contribution < -0.4 is 15.4 Å². The van der Waals surface area contributed by atoms with Crippen molar-refractivity contribution in [2.75, 3.05) is 27.3 Å². The lowest BCUT2D eigenvalue weighted by Crippen LogP contribution is -2.51. The summed E-state index contributed by atoms with van der Waals surface area (Å²) < 4.78 is 16.1. The number of nitrogens with one attached hydrogen (secondary N) is 4. The summed E-state index contributed by atoms with van der Waals surface area (Å²) in [6.07, 6.45) is 5.38. The number of aromatic nitrogens is 4. The third kappa shape index (κ3) is 7.04. The van der Waals surface area contributed by atoms with E-state index in [4.69, 9.17) is 24.2 Å². The van der Waals surface area contributed by atoms with Crippen molar-refractivity contribution in [2.24, 2.45) is 11.8 Å². The molecule has 306 valence electrons. The van der Waals surface area contributed by atoms with Crippen LogP contribution in [0, 0.1) is 11.8 Å². The predicted octanol–water partition coefficient (Wildman–Crippen LogP) is 6.21. The van der Waals surface area contributed by atoms with Crippen LogP contribution in [-0.4, -0.2) is 93.1 Å². The topological polar surface area (TPSA) is 184 Å². The minimum atomic E-state index is -0.697. The number of carbonyl (C=O) groups excluding carboxylic acids is 4. The van der Waals surface area contributed by atoms with E-state index in [-0.39, 0.29) is 35.7 Å². The molecular formula is C43H52N8O7. The summed E-state index contributed by atoms with van der Waals surface area (Å²) in [5.41, 5.74) is 9.17. The van der Waals surface area contributed by atoms with Gasteiger partial charge in [-0.2, -0.15) is 0 Å². The Morgan fingerprint density at radius 1 is 0.793 bits per heavy atom. The minimum Gasteiger partial charge on any atom is -0.488 e. The molecule has 4 amide bonds. The number of hydrogen-bond donors (Lipinski definition) is 4. The third-order valence-electron chi connectivity index (χ3n) is 12.1. The molecule has 2 aromatic carbocycles. The molecule has 4 aliphatic rings. The van der Waals surface area contributed by atoms with Gasteiger partial charge in [-0.05, 0) is 79.2 Å². The number of aryl methyl sites for hydroxylation is 1. The fourth-order valence-electron chi connectivity index (χ4n) is 9.05. The van der Waals surface area contributed by atoms with E-state index in [1.54, 1.807) is 0 Å². The first-order valence-corrected chi connectivity index (χ1v) is 20.3. The Balaban J connectivity index is 1.01. The van der Waals surface area contributed by atoms with Crippen LogP contribution in [0.1, 0.15) is 93.9 Å². The van der Waals surface area contributed by atoms with Crippen LogP contribution in [-0.2, 0) is 38.5 Å². The Hall–Kier alpha value is -5.86. The number of rotatable bonds is 9. The molecule has 8 rings (SSSR count). The number of methoxy groups -OCH3 is 2. The van der Waals surface area contributed by atoms with E-state index in [1.807, 2.05) is 43.7 Å². The molecule has 1 aliphatic carbocycles. The number of aromatic amines is 2. The number of hydrogen-bond acceptors (Lipinski definition) is 9. The summed E-state index contributed by atoms with van der Waals surface area (Å²) in [6.45, 7) is 9.23. The Bertz CT molecular complexity index is 2240. The first kappa shape index (κ1) is 39.0. The second-order valence-electron chi connectivity index (χ2n) is 16.4. The van der Waals surface area contributed by atoms with Crippen LogP contribution in [0.4, 0.5) is 9.59 Å². The van der Waals surface area contributed by atoms with Gasteiger partial charge in [0.25, 0.3) is 0 Å². The van der Waals surface area contributed by atoms with Crippen molar-refractivity contribution in [3.05, 3.63) is 65.0 Å². The lowest BCUT2D eigenvalue weighted by Gasteiger charge is -2.30. The molecule has 0 bridgehead atoms. The number of nitrogens with zero attached hydrogens (tertiary/aromatic N) is 4. The molecule has 0 unspecified atom stereocenters. The maximum Gasteiger partial charge on any atom is 0.407 e. The van der Waals surface area contributed by atoms with Gasteiger partial charge in [0.05, 0.1) is 43.9 Å². The summed E-state index contributed by atoms with van der Waals surface area (Å²) >= 11 is 0. The van der Waals surface area contributed by atoms with Gasteiger partial charge in [0, 0.05) is 35.5 Å². The molecule has 0 spiro atoms. The van der Waals surface area contributed by atoms with Crippen molar-refractivity contribution in [3.63, 3.8) is 0 Å². The number of ether oxygens (including phenoxy) is 3. The van der Waals surface area contributed by atoms with Crippen molar-refractivity contribution in [2.45, 2.75) is 97.0 Å². The Morgan fingerprint density at radius 2 is 1.40 bits per heavy atom. The third-order valence-corrected chi connectivity index (χ3v) is 12.1. The van der Waals surface area contributed by atoms with Crippen LogP contribution >= 0.6 is 0 Å². The summed E-state index contributed by atoms with van der Waals surface area (Å²) in [7, 11) is 2.59. The molecule has 3 aliphatic heterocycles. The number of carbonyl (C=O) groups is 4. The highest BCUT2D eigenvalue weighted by atomic mass is 16.5. The van der Waals surface area contributed by atoms with E-state index < -0.39 is 24.3 Å². The zero-order chi connectivity index (χ0) is 40.8. The summed E-state index contributed by atoms with van der Waals surface area (Å²) in [5.74, 6) is 1.87. The van der Waals surface area contributed by atoms with Crippen LogP contribution in [0.25, 0.3) is 33.6 Å². The van der Waals surface area contributed by atoms with Gasteiger partial charge in [0.1, 0.15) is 36.1 Å². The van der Waals surface area contributed by atoms with E-state index in [9.17, 15) is 19.2 Å². The summed E-state index contributed by atoms with van der Waals surface area (Å²) in [5, 5.41) is 5.43. The van der Waals surface area contributed by atoms with Gasteiger partial charge in [-0.3, -0.25) is 9.59 Å². The lowest BCUT2D eigenvalue weighted by molar-refractivity contribution is -0.136. The molecular weight excluding hydrogens is 741 g/mol. The smallest absolute Gasteiger partial charge is 0.407 e. The maximum absolute atomic E-state index is 13.8. The van der Waals surface area contributed by atoms with Crippen LogP contribution in [0.15, 0.2) is 36.5 Å². The number of H-pyrrole nitrogens is 2. The zero-order valence-electron chi connectivity index (χ0n) is 33.9. The number of benzene rings is 2. The maximum atomic E-state index is 13.8. The number of amides is 4. The predicted molar refractivity (Wildman–Crippen MR) is 214 cm³/mol. The van der Waals surface area contributed by atoms with Crippen LogP contribution in [0.2, 0.25) is 0 Å². The number of alkyl carbamates (subject to hydrolysis) is 2. The highest BCUT2D eigenvalue weighted by Crippen LogP contribution is 2.47. The van der Waals surface area contributed by atoms with Gasteiger partial charge in [0.2, 0.25) is 11.8 Å². The molecule has 5 heterocycles. The highest BCUT2D eigenvalue weighted by Gasteiger charge is 2.40. The Labute approximate surface area is 337 Å². The molecule has 2 aromatic heterocycles. The Kier molecular flexibility index (Phi) is 10.6. The molecule has 4 atom stereocenters.